The largest absolute Gasteiger partial charge is 0.497 e. The van der Waals surface area contributed by atoms with Gasteiger partial charge in [0.05, 0.1) is 7.11 Å². The van der Waals surface area contributed by atoms with Crippen molar-refractivity contribution >= 4 is 11.8 Å². The molecule has 0 saturated carbocycles. The maximum absolute atomic E-state index is 12.0. The number of benzene rings is 1. The predicted molar refractivity (Wildman–Crippen MR) is 64.3 cm³/mol. The lowest BCUT2D eigenvalue weighted by Gasteiger charge is -2.00. The number of rotatable bonds is 5. The zero-order valence-electron chi connectivity index (χ0n) is 10.1. The molecular weight excluding hydrogens is 250 g/mol. The van der Waals surface area contributed by atoms with Crippen LogP contribution in [0.3, 0.4) is 0 Å². The molecule has 19 heavy (non-hydrogen) atoms. The molecule has 0 radical (unpaired) electrons. The maximum Gasteiger partial charge on any atom is 0.311 e. The highest BCUT2D eigenvalue weighted by molar-refractivity contribution is 6.07. The van der Waals surface area contributed by atoms with Crippen LogP contribution in [0.5, 0.6) is 5.75 Å². The van der Waals surface area contributed by atoms with E-state index in [-0.39, 0.29) is 23.7 Å². The summed E-state index contributed by atoms with van der Waals surface area (Å²) in [6.45, 7) is 0. The minimum atomic E-state index is -1.04. The Morgan fingerprint density at radius 3 is 2.58 bits per heavy atom. The van der Waals surface area contributed by atoms with E-state index >= 15 is 0 Å². The van der Waals surface area contributed by atoms with E-state index in [1.807, 2.05) is 0 Å². The van der Waals surface area contributed by atoms with Crippen LogP contribution in [0.2, 0.25) is 0 Å². The van der Waals surface area contributed by atoms with Crippen LogP contribution in [-0.4, -0.2) is 29.1 Å². The molecule has 0 atom stereocenters. The van der Waals surface area contributed by atoms with Gasteiger partial charge in [-0.2, -0.15) is 0 Å². The van der Waals surface area contributed by atoms with Crippen molar-refractivity contribution in [2.24, 2.45) is 0 Å². The number of hydrogen-bond donors (Lipinski definition) is 1. The molecule has 0 aliphatic rings. The van der Waals surface area contributed by atoms with Gasteiger partial charge < -0.3 is 14.4 Å². The minimum absolute atomic E-state index is 0.0846. The van der Waals surface area contributed by atoms with E-state index in [0.717, 1.165) is 0 Å². The van der Waals surface area contributed by atoms with Gasteiger partial charge >= 0.3 is 5.97 Å². The molecule has 98 valence electrons. The molecular formula is C13H11NO5. The van der Waals surface area contributed by atoms with E-state index in [0.29, 0.717) is 11.3 Å². The number of hydrogen-bond acceptors (Lipinski definition) is 5. The average molecular weight is 261 g/mol. The average Bonchev–Trinajstić information content (AvgIpc) is 2.85. The number of aliphatic carboxylic acids is 1. The van der Waals surface area contributed by atoms with E-state index in [4.69, 9.17) is 14.4 Å². The fraction of sp³-hybridized carbons (Fsp3) is 0.154. The van der Waals surface area contributed by atoms with Crippen LogP contribution in [0.1, 0.15) is 21.8 Å². The number of ether oxygens (including phenoxy) is 1. The molecule has 1 aromatic heterocycles. The Kier molecular flexibility index (Phi) is 3.61. The second-order valence-corrected chi connectivity index (χ2v) is 3.81. The predicted octanol–water partition coefficient (Wildman–Crippen LogP) is 1.54. The van der Waals surface area contributed by atoms with E-state index in [9.17, 15) is 9.59 Å². The van der Waals surface area contributed by atoms with E-state index in [1.165, 1.54) is 13.2 Å². The maximum atomic E-state index is 12.0. The van der Waals surface area contributed by atoms with Gasteiger partial charge in [0, 0.05) is 11.6 Å². The van der Waals surface area contributed by atoms with Gasteiger partial charge in [0.25, 0.3) is 0 Å². The van der Waals surface area contributed by atoms with Crippen LogP contribution < -0.4 is 4.74 Å². The number of methoxy groups -OCH3 is 1. The van der Waals surface area contributed by atoms with Crippen molar-refractivity contribution in [1.29, 1.82) is 0 Å². The Morgan fingerprint density at radius 1 is 1.32 bits per heavy atom. The Labute approximate surface area is 108 Å². The minimum Gasteiger partial charge on any atom is -0.497 e. The molecule has 0 saturated heterocycles. The van der Waals surface area contributed by atoms with Crippen LogP contribution in [-0.2, 0) is 11.2 Å². The molecule has 0 fully saturated rings. The van der Waals surface area contributed by atoms with Crippen molar-refractivity contribution < 1.29 is 24.0 Å². The number of ketones is 1. The van der Waals surface area contributed by atoms with Crippen molar-refractivity contribution in [3.8, 4) is 5.75 Å². The normalized spacial score (nSPS) is 10.2. The Morgan fingerprint density at radius 2 is 2.00 bits per heavy atom. The second-order valence-electron chi connectivity index (χ2n) is 3.81. The summed E-state index contributed by atoms with van der Waals surface area (Å²) in [6.07, 6.45) is -0.303. The van der Waals surface area contributed by atoms with Gasteiger partial charge in [-0.3, -0.25) is 9.59 Å². The highest BCUT2D eigenvalue weighted by atomic mass is 16.5. The van der Waals surface area contributed by atoms with Crippen LogP contribution in [0.25, 0.3) is 0 Å². The first-order valence-electron chi connectivity index (χ1n) is 5.46. The quantitative estimate of drug-likeness (QED) is 0.821. The van der Waals surface area contributed by atoms with Gasteiger partial charge in [0.2, 0.25) is 5.78 Å². The van der Waals surface area contributed by atoms with Crippen LogP contribution >= 0.6 is 0 Å². The summed E-state index contributed by atoms with van der Waals surface area (Å²) >= 11 is 0. The van der Waals surface area contributed by atoms with E-state index in [2.05, 4.69) is 5.16 Å². The molecule has 0 aliphatic carbocycles. The first kappa shape index (κ1) is 12.8. The highest BCUT2D eigenvalue weighted by Crippen LogP contribution is 2.15. The van der Waals surface area contributed by atoms with Crippen molar-refractivity contribution in [1.82, 2.24) is 5.16 Å². The summed E-state index contributed by atoms with van der Waals surface area (Å²) < 4.78 is 9.78. The van der Waals surface area contributed by atoms with Gasteiger partial charge in [-0.25, -0.2) is 0 Å². The molecule has 0 spiro atoms. The molecule has 2 rings (SSSR count). The lowest BCUT2D eigenvalue weighted by atomic mass is 10.1. The standard InChI is InChI=1S/C13H11NO5/c1-18-9-4-2-8(3-5-9)13(17)11-6-10(19-14-11)7-12(15)16/h2-6H,7H2,1H3,(H,15,16). The van der Waals surface area contributed by atoms with E-state index < -0.39 is 5.97 Å². The molecule has 2 aromatic rings. The fourth-order valence-electron chi connectivity index (χ4n) is 1.54. The molecule has 1 aromatic carbocycles. The SMILES string of the molecule is COc1ccc(C(=O)c2cc(CC(=O)O)on2)cc1. The summed E-state index contributed by atoms with van der Waals surface area (Å²) in [4.78, 5) is 22.5. The molecule has 0 bridgehead atoms. The lowest BCUT2D eigenvalue weighted by molar-refractivity contribution is -0.136. The molecule has 1 heterocycles. The molecule has 0 amide bonds. The third-order valence-corrected chi connectivity index (χ3v) is 2.47. The number of carbonyl (C=O) groups is 2. The number of nitrogens with zero attached hydrogens (tertiary/aromatic N) is 1. The van der Waals surface area contributed by atoms with Gasteiger partial charge in [-0.1, -0.05) is 5.16 Å². The summed E-state index contributed by atoms with van der Waals surface area (Å²) in [5, 5.41) is 12.2. The first-order chi connectivity index (χ1) is 9.10. The van der Waals surface area contributed by atoms with E-state index in [1.54, 1.807) is 24.3 Å². The molecule has 0 unspecified atom stereocenters. The molecule has 6 heteroatoms. The van der Waals surface area contributed by atoms with Gasteiger partial charge in [-0.05, 0) is 24.3 Å². The van der Waals surface area contributed by atoms with Crippen LogP contribution in [0.15, 0.2) is 34.9 Å². The zero-order valence-corrected chi connectivity index (χ0v) is 10.1. The van der Waals surface area contributed by atoms with Crippen LogP contribution in [0.4, 0.5) is 0 Å². The van der Waals surface area contributed by atoms with Gasteiger partial charge in [0.15, 0.2) is 5.69 Å². The third-order valence-electron chi connectivity index (χ3n) is 2.47. The smallest absolute Gasteiger partial charge is 0.311 e. The highest BCUT2D eigenvalue weighted by Gasteiger charge is 2.16. The molecule has 1 N–H and O–H groups in total. The van der Waals surface area contributed by atoms with Gasteiger partial charge in [-0.15, -0.1) is 0 Å². The summed E-state index contributed by atoms with van der Waals surface area (Å²) in [7, 11) is 1.53. The summed E-state index contributed by atoms with van der Waals surface area (Å²) in [6, 6.07) is 7.86. The number of carboxylic acid groups (broad SMARTS) is 1. The molecule has 6 nitrogen and oxygen atoms in total. The Bertz CT molecular complexity index is 600. The number of aromatic nitrogens is 1. The number of carboxylic acids is 1. The van der Waals surface area contributed by atoms with Gasteiger partial charge in [0.1, 0.15) is 17.9 Å². The van der Waals surface area contributed by atoms with Crippen molar-refractivity contribution in [2.75, 3.05) is 7.11 Å². The second kappa shape index (κ2) is 5.34. The van der Waals surface area contributed by atoms with Crippen LogP contribution in [0, 0.1) is 0 Å². The van der Waals surface area contributed by atoms with Crippen molar-refractivity contribution in [2.45, 2.75) is 6.42 Å². The Balaban J connectivity index is 2.18. The third kappa shape index (κ3) is 2.98. The monoisotopic (exact) mass is 261 g/mol. The lowest BCUT2D eigenvalue weighted by Crippen LogP contribution is -2.01. The first-order valence-corrected chi connectivity index (χ1v) is 5.46. The Hall–Kier alpha value is -2.63. The topological polar surface area (TPSA) is 89.6 Å². The fourth-order valence-corrected chi connectivity index (χ4v) is 1.54. The van der Waals surface area contributed by atoms with Crippen molar-refractivity contribution in [3.63, 3.8) is 0 Å². The summed E-state index contributed by atoms with van der Waals surface area (Å²) in [5.41, 5.74) is 0.511. The summed E-state index contributed by atoms with van der Waals surface area (Å²) in [5.74, 6) is -0.588. The molecule has 0 aliphatic heterocycles. The zero-order chi connectivity index (χ0) is 13.8. The number of carbonyl (C=O) groups excluding carboxylic acids is 1. The van der Waals surface area contributed by atoms with Crippen molar-refractivity contribution in [3.05, 3.63) is 47.3 Å².